The molecule has 1 atom stereocenters. The molecular formula is C12H15F2N. The van der Waals surface area contributed by atoms with E-state index in [2.05, 4.69) is 0 Å². The van der Waals surface area contributed by atoms with Gasteiger partial charge in [-0.3, -0.25) is 0 Å². The zero-order valence-corrected chi connectivity index (χ0v) is 8.50. The van der Waals surface area contributed by atoms with Crippen LogP contribution in [0.15, 0.2) is 24.3 Å². The van der Waals surface area contributed by atoms with Crippen molar-refractivity contribution >= 4 is 0 Å². The number of rotatable bonds is 4. The minimum Gasteiger partial charge on any atom is -0.326 e. The van der Waals surface area contributed by atoms with E-state index in [9.17, 15) is 8.78 Å². The third-order valence-corrected chi connectivity index (χ3v) is 3.00. The number of hydrogen-bond acceptors (Lipinski definition) is 1. The van der Waals surface area contributed by atoms with Crippen LogP contribution in [0.25, 0.3) is 0 Å². The molecule has 0 bridgehead atoms. The van der Waals surface area contributed by atoms with Crippen molar-refractivity contribution in [3.63, 3.8) is 0 Å². The van der Waals surface area contributed by atoms with Gasteiger partial charge in [0.25, 0.3) is 0 Å². The highest BCUT2D eigenvalue weighted by atomic mass is 19.3. The second-order valence-corrected chi connectivity index (χ2v) is 4.14. The van der Waals surface area contributed by atoms with Gasteiger partial charge in [-0.05, 0) is 29.9 Å². The fourth-order valence-corrected chi connectivity index (χ4v) is 1.95. The van der Waals surface area contributed by atoms with Gasteiger partial charge in [0.15, 0.2) is 0 Å². The van der Waals surface area contributed by atoms with E-state index in [0.717, 1.165) is 24.0 Å². The molecule has 15 heavy (non-hydrogen) atoms. The molecule has 1 nitrogen and oxygen atoms in total. The summed E-state index contributed by atoms with van der Waals surface area (Å²) in [7, 11) is 0. The van der Waals surface area contributed by atoms with Crippen LogP contribution < -0.4 is 5.73 Å². The molecule has 0 amide bonds. The second-order valence-electron chi connectivity index (χ2n) is 4.14. The van der Waals surface area contributed by atoms with Crippen LogP contribution >= 0.6 is 0 Å². The molecule has 2 N–H and O–H groups in total. The average Bonchev–Trinajstić information content (AvgIpc) is 3.03. The van der Waals surface area contributed by atoms with Gasteiger partial charge in [-0.1, -0.05) is 24.3 Å². The molecule has 1 aromatic rings. The Balaban J connectivity index is 2.18. The Hall–Kier alpha value is -0.960. The maximum atomic E-state index is 12.8. The quantitative estimate of drug-likeness (QED) is 0.814. The van der Waals surface area contributed by atoms with Crippen molar-refractivity contribution in [3.05, 3.63) is 35.4 Å². The summed E-state index contributed by atoms with van der Waals surface area (Å²) in [6.45, 7) is 0.461. The first kappa shape index (κ1) is 10.6. The Morgan fingerprint density at radius 1 is 1.20 bits per heavy atom. The Kier molecular flexibility index (Phi) is 3.00. The van der Waals surface area contributed by atoms with Crippen molar-refractivity contribution in [1.29, 1.82) is 0 Å². The highest BCUT2D eigenvalue weighted by molar-refractivity contribution is 5.27. The molecule has 82 valence electrons. The van der Waals surface area contributed by atoms with E-state index in [-0.39, 0.29) is 5.92 Å². The lowest BCUT2D eigenvalue weighted by atomic mass is 9.94. The molecule has 0 heterocycles. The maximum Gasteiger partial charge on any atom is 0.245 e. The highest BCUT2D eigenvalue weighted by Crippen LogP contribution is 2.45. The molecule has 1 aliphatic rings. The molecule has 3 heteroatoms. The van der Waals surface area contributed by atoms with E-state index < -0.39 is 12.3 Å². The molecule has 1 fully saturated rings. The molecule has 0 saturated heterocycles. The van der Waals surface area contributed by atoms with Crippen molar-refractivity contribution in [2.45, 2.75) is 31.7 Å². The van der Waals surface area contributed by atoms with E-state index in [1.165, 1.54) is 0 Å². The fourth-order valence-electron chi connectivity index (χ4n) is 1.95. The number of benzene rings is 1. The molecule has 1 aromatic carbocycles. The Labute approximate surface area is 88.3 Å². The van der Waals surface area contributed by atoms with Gasteiger partial charge in [0.05, 0.1) is 0 Å². The molecule has 1 saturated carbocycles. The predicted octanol–water partition coefficient (Wildman–Crippen LogP) is 2.90. The number of nitrogens with two attached hydrogens (primary N) is 1. The average molecular weight is 211 g/mol. The first-order chi connectivity index (χ1) is 7.22. The van der Waals surface area contributed by atoms with Gasteiger partial charge in [0.1, 0.15) is 0 Å². The zero-order chi connectivity index (χ0) is 10.8. The lowest BCUT2D eigenvalue weighted by Crippen LogP contribution is -2.11. The fraction of sp³-hybridized carbons (Fsp3) is 0.500. The number of hydrogen-bond donors (Lipinski definition) is 1. The lowest BCUT2D eigenvalue weighted by Gasteiger charge is -2.15. The van der Waals surface area contributed by atoms with Gasteiger partial charge in [-0.2, -0.15) is 0 Å². The Morgan fingerprint density at radius 2 is 1.80 bits per heavy atom. The summed E-state index contributed by atoms with van der Waals surface area (Å²) in [5.41, 5.74) is 7.20. The monoisotopic (exact) mass is 211 g/mol. The molecule has 1 unspecified atom stereocenters. The minimum atomic E-state index is -2.25. The third-order valence-electron chi connectivity index (χ3n) is 3.00. The van der Waals surface area contributed by atoms with Crippen LogP contribution in [0.5, 0.6) is 0 Å². The summed E-state index contributed by atoms with van der Waals surface area (Å²) in [6, 6.07) is 7.26. The van der Waals surface area contributed by atoms with Crippen molar-refractivity contribution in [2.75, 3.05) is 0 Å². The molecule has 0 aliphatic heterocycles. The first-order valence-corrected chi connectivity index (χ1v) is 5.29. The van der Waals surface area contributed by atoms with Crippen molar-refractivity contribution in [3.8, 4) is 0 Å². The standard InChI is InChI=1S/C12H15F2N/c13-12(14)11(10-5-6-10)9-3-1-8(7-15)2-4-9/h1-4,10-12H,5-7,15H2. The molecule has 0 spiro atoms. The van der Waals surface area contributed by atoms with Crippen molar-refractivity contribution in [1.82, 2.24) is 0 Å². The van der Waals surface area contributed by atoms with Gasteiger partial charge in [-0.25, -0.2) is 8.78 Å². The van der Waals surface area contributed by atoms with E-state index in [1.54, 1.807) is 12.1 Å². The van der Waals surface area contributed by atoms with Crippen LogP contribution in [0.1, 0.15) is 29.9 Å². The highest BCUT2D eigenvalue weighted by Gasteiger charge is 2.38. The van der Waals surface area contributed by atoms with Crippen LogP contribution in [-0.4, -0.2) is 6.43 Å². The van der Waals surface area contributed by atoms with Crippen LogP contribution in [0.2, 0.25) is 0 Å². The minimum absolute atomic E-state index is 0.189. The Bertz CT molecular complexity index is 315. The van der Waals surface area contributed by atoms with Gasteiger partial charge < -0.3 is 5.73 Å². The van der Waals surface area contributed by atoms with E-state index in [1.807, 2.05) is 12.1 Å². The van der Waals surface area contributed by atoms with Gasteiger partial charge >= 0.3 is 0 Å². The van der Waals surface area contributed by atoms with Crippen LogP contribution in [-0.2, 0) is 6.54 Å². The number of alkyl halides is 2. The van der Waals surface area contributed by atoms with E-state index in [4.69, 9.17) is 5.73 Å². The summed E-state index contributed by atoms with van der Waals surface area (Å²) < 4.78 is 25.7. The molecule has 1 aliphatic carbocycles. The van der Waals surface area contributed by atoms with Crippen LogP contribution in [0.4, 0.5) is 8.78 Å². The van der Waals surface area contributed by atoms with E-state index in [0.29, 0.717) is 6.54 Å². The lowest BCUT2D eigenvalue weighted by molar-refractivity contribution is 0.104. The summed E-state index contributed by atoms with van der Waals surface area (Å²) in [5, 5.41) is 0. The molecule has 2 rings (SSSR count). The molecule has 0 radical (unpaired) electrons. The molecular weight excluding hydrogens is 196 g/mol. The van der Waals surface area contributed by atoms with Crippen LogP contribution in [0, 0.1) is 5.92 Å². The summed E-state index contributed by atoms with van der Waals surface area (Å²) in [4.78, 5) is 0. The zero-order valence-electron chi connectivity index (χ0n) is 8.50. The van der Waals surface area contributed by atoms with Crippen LogP contribution in [0.3, 0.4) is 0 Å². The largest absolute Gasteiger partial charge is 0.326 e. The van der Waals surface area contributed by atoms with Gasteiger partial charge in [0.2, 0.25) is 6.43 Å². The van der Waals surface area contributed by atoms with E-state index >= 15 is 0 Å². The molecule has 0 aromatic heterocycles. The van der Waals surface area contributed by atoms with Crippen molar-refractivity contribution < 1.29 is 8.78 Å². The third kappa shape index (κ3) is 2.34. The normalized spacial score (nSPS) is 18.1. The maximum absolute atomic E-state index is 12.8. The van der Waals surface area contributed by atoms with Crippen molar-refractivity contribution in [2.24, 2.45) is 11.7 Å². The summed E-state index contributed by atoms with van der Waals surface area (Å²) in [6.07, 6.45) is -0.373. The summed E-state index contributed by atoms with van der Waals surface area (Å²) >= 11 is 0. The first-order valence-electron chi connectivity index (χ1n) is 5.29. The SMILES string of the molecule is NCc1ccc(C(C(F)F)C2CC2)cc1. The smallest absolute Gasteiger partial charge is 0.245 e. The van der Waals surface area contributed by atoms with Gasteiger partial charge in [-0.15, -0.1) is 0 Å². The topological polar surface area (TPSA) is 26.0 Å². The van der Waals surface area contributed by atoms with Gasteiger partial charge in [0, 0.05) is 12.5 Å². The Morgan fingerprint density at radius 3 is 2.20 bits per heavy atom. The summed E-state index contributed by atoms with van der Waals surface area (Å²) in [5.74, 6) is -0.384. The second kappa shape index (κ2) is 4.27. The predicted molar refractivity (Wildman–Crippen MR) is 55.8 cm³/mol. The number of halogens is 2.